The molecule has 0 spiro atoms. The van der Waals surface area contributed by atoms with Crippen LogP contribution in [-0.4, -0.2) is 12.6 Å². The molecule has 2 N–H and O–H groups in total. The van der Waals surface area contributed by atoms with Crippen LogP contribution in [0.15, 0.2) is 102 Å². The second-order valence-corrected chi connectivity index (χ2v) is 9.72. The molecule has 1 aliphatic heterocycles. The summed E-state index contributed by atoms with van der Waals surface area (Å²) in [5, 5.41) is 10.6. The van der Waals surface area contributed by atoms with Crippen LogP contribution in [0.1, 0.15) is 46.3 Å². The van der Waals surface area contributed by atoms with Gasteiger partial charge in [0.2, 0.25) is 5.88 Å². The van der Waals surface area contributed by atoms with Crippen LogP contribution in [0.4, 0.5) is 0 Å². The summed E-state index contributed by atoms with van der Waals surface area (Å²) in [4.78, 5) is 13.0. The van der Waals surface area contributed by atoms with E-state index in [1.807, 2.05) is 55.5 Å². The highest BCUT2D eigenvalue weighted by Gasteiger charge is 2.31. The number of ether oxygens (including phenoxy) is 4. The van der Waals surface area contributed by atoms with E-state index in [1.165, 1.54) is 0 Å². The number of fused-ring (bicyclic) bond motifs is 1. The van der Waals surface area contributed by atoms with Crippen molar-refractivity contribution in [3.8, 4) is 29.1 Å². The van der Waals surface area contributed by atoms with Crippen molar-refractivity contribution in [1.29, 1.82) is 5.26 Å². The van der Waals surface area contributed by atoms with Crippen molar-refractivity contribution < 1.29 is 23.7 Å². The van der Waals surface area contributed by atoms with Crippen LogP contribution in [0.25, 0.3) is 0 Å². The third-order valence-corrected chi connectivity index (χ3v) is 6.88. The molecule has 8 heteroatoms. The van der Waals surface area contributed by atoms with Gasteiger partial charge >= 0.3 is 5.97 Å². The highest BCUT2D eigenvalue weighted by molar-refractivity contribution is 6.31. The lowest BCUT2D eigenvalue weighted by Gasteiger charge is -2.27. The SMILES string of the molecule is CCCOc1ccccc1C(=O)Oc1ccc2c(c1)OC(N)=C(C#N)C2c1cccc(OCc2ccccc2Cl)c1. The van der Waals surface area contributed by atoms with E-state index in [-0.39, 0.29) is 23.8 Å². The molecule has 1 unspecified atom stereocenters. The molecule has 0 aliphatic carbocycles. The van der Waals surface area contributed by atoms with Crippen LogP contribution < -0.4 is 24.7 Å². The van der Waals surface area contributed by atoms with Gasteiger partial charge in [0.15, 0.2) is 0 Å². The maximum Gasteiger partial charge on any atom is 0.347 e. The van der Waals surface area contributed by atoms with Crippen molar-refractivity contribution in [2.75, 3.05) is 6.61 Å². The minimum atomic E-state index is -0.561. The number of rotatable bonds is 9. The van der Waals surface area contributed by atoms with Gasteiger partial charge in [0.25, 0.3) is 0 Å². The van der Waals surface area contributed by atoms with Crippen LogP contribution in [0.5, 0.6) is 23.0 Å². The van der Waals surface area contributed by atoms with E-state index >= 15 is 0 Å². The number of hydrogen-bond acceptors (Lipinski definition) is 7. The molecule has 0 fully saturated rings. The molecule has 0 radical (unpaired) electrons. The van der Waals surface area contributed by atoms with E-state index in [0.717, 1.165) is 17.5 Å². The molecule has 1 aliphatic rings. The summed E-state index contributed by atoms with van der Waals surface area (Å²) in [5.41, 5.74) is 9.13. The number of carbonyl (C=O) groups excluding carboxylic acids is 1. The number of allylic oxidation sites excluding steroid dienone is 1. The summed E-state index contributed by atoms with van der Waals surface area (Å²) in [7, 11) is 0. The fourth-order valence-electron chi connectivity index (χ4n) is 4.54. The minimum absolute atomic E-state index is 0.0193. The summed E-state index contributed by atoms with van der Waals surface area (Å²) in [6, 6.07) is 29.1. The first-order valence-corrected chi connectivity index (χ1v) is 13.5. The number of para-hydroxylation sites is 1. The topological polar surface area (TPSA) is 104 Å². The Hall–Kier alpha value is -4.93. The van der Waals surface area contributed by atoms with E-state index in [0.29, 0.717) is 40.0 Å². The van der Waals surface area contributed by atoms with E-state index < -0.39 is 11.9 Å². The first-order chi connectivity index (χ1) is 20.0. The van der Waals surface area contributed by atoms with Crippen LogP contribution in [0.3, 0.4) is 0 Å². The molecule has 0 amide bonds. The Morgan fingerprint density at radius 1 is 0.976 bits per heavy atom. The molecular weight excluding hydrogens is 540 g/mol. The zero-order valence-electron chi connectivity index (χ0n) is 22.3. The summed E-state index contributed by atoms with van der Waals surface area (Å²) in [5.74, 6) is 0.623. The third-order valence-electron chi connectivity index (χ3n) is 6.51. The Kier molecular flexibility index (Phi) is 8.42. The van der Waals surface area contributed by atoms with E-state index in [9.17, 15) is 10.1 Å². The van der Waals surface area contributed by atoms with Crippen molar-refractivity contribution in [1.82, 2.24) is 0 Å². The van der Waals surface area contributed by atoms with Crippen molar-refractivity contribution in [2.45, 2.75) is 25.9 Å². The molecule has 1 heterocycles. The monoisotopic (exact) mass is 566 g/mol. The van der Waals surface area contributed by atoms with Gasteiger partial charge in [0.1, 0.15) is 46.8 Å². The minimum Gasteiger partial charge on any atom is -0.493 e. The second-order valence-electron chi connectivity index (χ2n) is 9.31. The number of esters is 1. The average molecular weight is 567 g/mol. The van der Waals surface area contributed by atoms with E-state index in [1.54, 1.807) is 42.5 Å². The Labute approximate surface area is 243 Å². The summed E-state index contributed by atoms with van der Waals surface area (Å²) >= 11 is 6.27. The maximum absolute atomic E-state index is 13.0. The standard InChI is InChI=1S/C33H27ClN2O5/c1-2-16-38-29-13-6-4-11-26(29)33(37)40-24-14-15-25-30(18-24)41-32(36)27(19-35)31(25)21-9-7-10-23(17-21)39-20-22-8-3-5-12-28(22)34/h3-15,17-18,31H,2,16,20,36H2,1H3. The molecule has 0 aromatic heterocycles. The van der Waals surface area contributed by atoms with Crippen molar-refractivity contribution >= 4 is 17.6 Å². The molecule has 41 heavy (non-hydrogen) atoms. The number of carbonyl (C=O) groups is 1. The van der Waals surface area contributed by atoms with Gasteiger partial charge in [-0.25, -0.2) is 4.79 Å². The van der Waals surface area contributed by atoms with E-state index in [4.69, 9.17) is 36.3 Å². The summed E-state index contributed by atoms with van der Waals surface area (Å²) in [6.45, 7) is 2.76. The maximum atomic E-state index is 13.0. The Bertz CT molecular complexity index is 1660. The Balaban J connectivity index is 1.41. The van der Waals surface area contributed by atoms with Crippen molar-refractivity contribution in [3.63, 3.8) is 0 Å². The zero-order valence-corrected chi connectivity index (χ0v) is 23.1. The van der Waals surface area contributed by atoms with Crippen LogP contribution in [-0.2, 0) is 6.61 Å². The fraction of sp³-hybridized carbons (Fsp3) is 0.152. The third kappa shape index (κ3) is 6.13. The van der Waals surface area contributed by atoms with E-state index in [2.05, 4.69) is 6.07 Å². The smallest absolute Gasteiger partial charge is 0.347 e. The van der Waals surface area contributed by atoms with Crippen LogP contribution >= 0.6 is 11.6 Å². The average Bonchev–Trinajstić information content (AvgIpc) is 2.99. The quantitative estimate of drug-likeness (QED) is 0.169. The molecule has 5 rings (SSSR count). The van der Waals surface area contributed by atoms with Gasteiger partial charge in [-0.2, -0.15) is 5.26 Å². The highest BCUT2D eigenvalue weighted by atomic mass is 35.5. The number of benzene rings is 4. The summed E-state index contributed by atoms with van der Waals surface area (Å²) < 4.78 is 23.2. The molecule has 0 saturated carbocycles. The molecule has 1 atom stereocenters. The van der Waals surface area contributed by atoms with Gasteiger partial charge in [-0.05, 0) is 48.4 Å². The summed E-state index contributed by atoms with van der Waals surface area (Å²) in [6.07, 6.45) is 0.808. The first-order valence-electron chi connectivity index (χ1n) is 13.1. The van der Waals surface area contributed by atoms with Crippen molar-refractivity contribution in [3.05, 3.63) is 130 Å². The van der Waals surface area contributed by atoms with Gasteiger partial charge in [-0.3, -0.25) is 0 Å². The number of hydrogen-bond donors (Lipinski definition) is 1. The molecule has 7 nitrogen and oxygen atoms in total. The Morgan fingerprint density at radius 2 is 1.78 bits per heavy atom. The lowest BCUT2D eigenvalue weighted by Crippen LogP contribution is -2.21. The Morgan fingerprint density at radius 3 is 2.59 bits per heavy atom. The number of halogens is 1. The molecule has 206 valence electrons. The van der Waals surface area contributed by atoms with Crippen molar-refractivity contribution in [2.24, 2.45) is 5.73 Å². The largest absolute Gasteiger partial charge is 0.493 e. The zero-order chi connectivity index (χ0) is 28.8. The lowest BCUT2D eigenvalue weighted by atomic mass is 9.83. The molecule has 4 aromatic rings. The predicted molar refractivity (Wildman–Crippen MR) is 155 cm³/mol. The van der Waals surface area contributed by atoms with Gasteiger partial charge in [0, 0.05) is 22.2 Å². The van der Waals surface area contributed by atoms with Gasteiger partial charge in [-0.1, -0.05) is 67.1 Å². The second kappa shape index (κ2) is 12.5. The number of nitrogens with zero attached hydrogens (tertiary/aromatic N) is 1. The molecular formula is C33H27ClN2O5. The normalized spacial score (nSPS) is 13.9. The molecule has 4 aromatic carbocycles. The van der Waals surface area contributed by atoms with Gasteiger partial charge in [-0.15, -0.1) is 0 Å². The fourth-order valence-corrected chi connectivity index (χ4v) is 4.73. The van der Waals surface area contributed by atoms with Crippen LogP contribution in [0, 0.1) is 11.3 Å². The molecule has 0 bridgehead atoms. The van der Waals surface area contributed by atoms with Crippen LogP contribution in [0.2, 0.25) is 5.02 Å². The first kappa shape index (κ1) is 27.6. The predicted octanol–water partition coefficient (Wildman–Crippen LogP) is 7.15. The van der Waals surface area contributed by atoms with Gasteiger partial charge in [0.05, 0.1) is 12.5 Å². The number of nitriles is 1. The lowest BCUT2D eigenvalue weighted by molar-refractivity contribution is 0.0730. The number of nitrogens with two attached hydrogens (primary N) is 1. The molecule has 0 saturated heterocycles. The highest BCUT2D eigenvalue weighted by Crippen LogP contribution is 2.44. The van der Waals surface area contributed by atoms with Gasteiger partial charge < -0.3 is 24.7 Å².